The van der Waals surface area contributed by atoms with E-state index in [1.807, 2.05) is 6.07 Å². The van der Waals surface area contributed by atoms with Crippen LogP contribution >= 0.6 is 0 Å². The number of hydrogen-bond acceptors (Lipinski definition) is 4. The molecule has 5 nitrogen and oxygen atoms in total. The Morgan fingerprint density at radius 1 is 1.23 bits per heavy atom. The fourth-order valence-corrected chi connectivity index (χ4v) is 4.09. The van der Waals surface area contributed by atoms with Gasteiger partial charge in [-0.25, -0.2) is 9.37 Å². The molecule has 1 saturated carbocycles. The summed E-state index contributed by atoms with van der Waals surface area (Å²) < 4.78 is 20.3. The van der Waals surface area contributed by atoms with Gasteiger partial charge in [0.2, 0.25) is 11.8 Å². The predicted octanol–water partition coefficient (Wildman–Crippen LogP) is 5.54. The molecule has 0 aliphatic heterocycles. The third kappa shape index (κ3) is 7.31. The van der Waals surface area contributed by atoms with Crippen molar-refractivity contribution < 1.29 is 13.9 Å². The topological polar surface area (TPSA) is 68.5 Å². The first kappa shape index (κ1) is 23.2. The third-order valence-corrected chi connectivity index (χ3v) is 5.90. The zero-order valence-electron chi connectivity index (χ0n) is 18.6. The molecule has 0 atom stereocenters. The van der Waals surface area contributed by atoms with Gasteiger partial charge in [-0.1, -0.05) is 39.2 Å². The van der Waals surface area contributed by atoms with Crippen LogP contribution in [0.4, 0.5) is 4.39 Å². The number of aromatic nitrogens is 1. The number of nitrogens with zero attached hydrogens (tertiary/aromatic N) is 2. The molecule has 1 amide bonds. The summed E-state index contributed by atoms with van der Waals surface area (Å²) in [5.74, 6) is 0.749. The van der Waals surface area contributed by atoms with Crippen LogP contribution < -0.4 is 10.5 Å². The first-order chi connectivity index (χ1) is 14.9. The molecular weight excluding hydrogens is 393 g/mol. The first-order valence-corrected chi connectivity index (χ1v) is 11.3. The van der Waals surface area contributed by atoms with E-state index >= 15 is 0 Å². The van der Waals surface area contributed by atoms with Gasteiger partial charge in [-0.3, -0.25) is 9.69 Å². The summed E-state index contributed by atoms with van der Waals surface area (Å²) in [6, 6.07) is 8.13. The molecule has 6 heteroatoms. The number of hydrogen-bond donors (Lipinski definition) is 1. The maximum atomic E-state index is 14.7. The van der Waals surface area contributed by atoms with Crippen molar-refractivity contribution in [2.75, 3.05) is 13.1 Å². The number of ether oxygens (including phenoxy) is 1. The molecular formula is C25H34FN3O2. The van der Waals surface area contributed by atoms with Crippen molar-refractivity contribution in [1.29, 1.82) is 0 Å². The van der Waals surface area contributed by atoms with E-state index < -0.39 is 11.7 Å². The standard InChI is InChI=1S/C25H34FN3O2/c1-18(2)12-13-29(16-19-6-4-3-5-7-19)17-20-8-10-23(22(26)14-20)31-24-11-9-21(15-28-24)25(27)30/h8-11,14-15,18-19H,3-7,12-13,16-17H2,1-2H3,(H2,27,30). The van der Waals surface area contributed by atoms with Crippen LogP contribution in [0.1, 0.15) is 68.3 Å². The molecule has 168 valence electrons. The molecule has 1 aliphatic carbocycles. The summed E-state index contributed by atoms with van der Waals surface area (Å²) in [5.41, 5.74) is 6.44. The Kier molecular flexibility index (Phi) is 8.41. The summed E-state index contributed by atoms with van der Waals surface area (Å²) in [6.45, 7) is 7.35. The average molecular weight is 428 g/mol. The quantitative estimate of drug-likeness (QED) is 0.540. The molecule has 0 saturated heterocycles. The summed E-state index contributed by atoms with van der Waals surface area (Å²) in [6.07, 6.45) is 9.10. The highest BCUT2D eigenvalue weighted by atomic mass is 19.1. The van der Waals surface area contributed by atoms with Gasteiger partial charge in [0.25, 0.3) is 0 Å². The van der Waals surface area contributed by atoms with Crippen LogP contribution in [0, 0.1) is 17.7 Å². The van der Waals surface area contributed by atoms with Crippen molar-refractivity contribution in [3.8, 4) is 11.6 Å². The zero-order valence-corrected chi connectivity index (χ0v) is 18.6. The number of pyridine rings is 1. The number of halogens is 1. The minimum Gasteiger partial charge on any atom is -0.436 e. The van der Waals surface area contributed by atoms with Crippen molar-refractivity contribution in [3.05, 3.63) is 53.5 Å². The van der Waals surface area contributed by atoms with Gasteiger partial charge >= 0.3 is 0 Å². The van der Waals surface area contributed by atoms with Gasteiger partial charge in [-0.05, 0) is 61.4 Å². The monoisotopic (exact) mass is 427 g/mol. The van der Waals surface area contributed by atoms with Crippen LogP contribution in [0.15, 0.2) is 36.5 Å². The van der Waals surface area contributed by atoms with Gasteiger partial charge in [0.15, 0.2) is 11.6 Å². The lowest BCUT2D eigenvalue weighted by Crippen LogP contribution is -2.31. The highest BCUT2D eigenvalue weighted by molar-refractivity contribution is 5.92. The number of primary amides is 1. The SMILES string of the molecule is CC(C)CCN(Cc1ccc(Oc2ccc(C(N)=O)cn2)c(F)c1)CC1CCCCC1. The van der Waals surface area contributed by atoms with Crippen LogP contribution in [0.25, 0.3) is 0 Å². The Labute approximate surface area is 184 Å². The van der Waals surface area contributed by atoms with Crippen LogP contribution in [-0.4, -0.2) is 28.9 Å². The molecule has 2 N–H and O–H groups in total. The average Bonchev–Trinajstić information content (AvgIpc) is 2.75. The summed E-state index contributed by atoms with van der Waals surface area (Å²) in [4.78, 5) is 17.6. The first-order valence-electron chi connectivity index (χ1n) is 11.3. The van der Waals surface area contributed by atoms with Gasteiger partial charge in [0.05, 0.1) is 5.56 Å². The highest BCUT2D eigenvalue weighted by Gasteiger charge is 2.18. The second-order valence-corrected chi connectivity index (χ2v) is 9.04. The number of amides is 1. The molecule has 1 aliphatic rings. The van der Waals surface area contributed by atoms with E-state index in [1.54, 1.807) is 12.1 Å². The van der Waals surface area contributed by atoms with Crippen LogP contribution in [0.2, 0.25) is 0 Å². The molecule has 1 fully saturated rings. The predicted molar refractivity (Wildman–Crippen MR) is 121 cm³/mol. The molecule has 3 rings (SSSR count). The Morgan fingerprint density at radius 2 is 2.00 bits per heavy atom. The van der Waals surface area contributed by atoms with E-state index in [-0.39, 0.29) is 17.2 Å². The largest absolute Gasteiger partial charge is 0.436 e. The van der Waals surface area contributed by atoms with Crippen molar-refractivity contribution in [3.63, 3.8) is 0 Å². The fraction of sp³-hybridized carbons (Fsp3) is 0.520. The van der Waals surface area contributed by atoms with Gasteiger partial charge < -0.3 is 10.5 Å². The van der Waals surface area contributed by atoms with E-state index in [9.17, 15) is 9.18 Å². The Hall–Kier alpha value is -2.47. The maximum absolute atomic E-state index is 14.7. The van der Waals surface area contributed by atoms with Gasteiger partial charge in [0, 0.05) is 25.4 Å². The number of benzene rings is 1. The molecule has 0 bridgehead atoms. The normalized spacial score (nSPS) is 14.9. The Balaban J connectivity index is 1.64. The number of carbonyl (C=O) groups is 1. The smallest absolute Gasteiger partial charge is 0.250 e. The molecule has 0 spiro atoms. The van der Waals surface area contributed by atoms with Crippen molar-refractivity contribution in [2.45, 2.75) is 58.9 Å². The molecule has 0 radical (unpaired) electrons. The number of nitrogens with two attached hydrogens (primary N) is 1. The lowest BCUT2D eigenvalue weighted by atomic mass is 9.88. The highest BCUT2D eigenvalue weighted by Crippen LogP contribution is 2.27. The second-order valence-electron chi connectivity index (χ2n) is 9.04. The van der Waals surface area contributed by atoms with Crippen molar-refractivity contribution >= 4 is 5.91 Å². The molecule has 1 aromatic carbocycles. The molecule has 1 aromatic heterocycles. The van der Waals surface area contributed by atoms with Crippen molar-refractivity contribution in [2.24, 2.45) is 17.6 Å². The van der Waals surface area contributed by atoms with Gasteiger partial charge in [-0.15, -0.1) is 0 Å². The van der Waals surface area contributed by atoms with E-state index in [4.69, 9.17) is 10.5 Å². The van der Waals surface area contributed by atoms with E-state index in [0.29, 0.717) is 5.92 Å². The lowest BCUT2D eigenvalue weighted by molar-refractivity contribution is 0.1000. The summed E-state index contributed by atoms with van der Waals surface area (Å²) in [7, 11) is 0. The number of carbonyl (C=O) groups excluding carboxylic acids is 1. The maximum Gasteiger partial charge on any atom is 0.250 e. The van der Waals surface area contributed by atoms with Gasteiger partial charge in [-0.2, -0.15) is 0 Å². The van der Waals surface area contributed by atoms with E-state index in [1.165, 1.54) is 50.4 Å². The molecule has 2 aromatic rings. The minimum atomic E-state index is -0.565. The van der Waals surface area contributed by atoms with Crippen LogP contribution in [-0.2, 0) is 6.54 Å². The molecule has 1 heterocycles. The Morgan fingerprint density at radius 3 is 2.61 bits per heavy atom. The molecule has 0 unspecified atom stereocenters. The minimum absolute atomic E-state index is 0.115. The second kappa shape index (κ2) is 11.2. The number of rotatable bonds is 10. The third-order valence-electron chi connectivity index (χ3n) is 5.90. The summed E-state index contributed by atoms with van der Waals surface area (Å²) in [5, 5.41) is 0. The lowest BCUT2D eigenvalue weighted by Gasteiger charge is -2.30. The van der Waals surface area contributed by atoms with E-state index in [2.05, 4.69) is 23.7 Å². The zero-order chi connectivity index (χ0) is 22.2. The van der Waals surface area contributed by atoms with Crippen molar-refractivity contribution in [1.82, 2.24) is 9.88 Å². The van der Waals surface area contributed by atoms with Gasteiger partial charge in [0.1, 0.15) is 0 Å². The molecule has 31 heavy (non-hydrogen) atoms. The Bertz CT molecular complexity index is 848. The summed E-state index contributed by atoms with van der Waals surface area (Å²) >= 11 is 0. The van der Waals surface area contributed by atoms with Crippen LogP contribution in [0.5, 0.6) is 11.6 Å². The van der Waals surface area contributed by atoms with E-state index in [0.717, 1.165) is 37.5 Å². The fourth-order valence-electron chi connectivity index (χ4n) is 4.09. The van der Waals surface area contributed by atoms with Crippen LogP contribution in [0.3, 0.4) is 0 Å².